The van der Waals surface area contributed by atoms with Crippen molar-refractivity contribution in [1.29, 1.82) is 0 Å². The first kappa shape index (κ1) is 7.21. The number of H-pyrrole nitrogens is 1. The summed E-state index contributed by atoms with van der Waals surface area (Å²) in [5.41, 5.74) is 0. The lowest BCUT2D eigenvalue weighted by atomic mass is 10.8. The summed E-state index contributed by atoms with van der Waals surface area (Å²) in [6.45, 7) is 5.92. The molecule has 48 valence electrons. The molecule has 0 atom stereocenters. The van der Waals surface area contributed by atoms with Crippen LogP contribution in [0.4, 0.5) is 0 Å². The lowest BCUT2D eigenvalue weighted by molar-refractivity contribution is 1.15. The fraction of sp³-hybridized carbons (Fsp3) is 0.500. The van der Waals surface area contributed by atoms with Gasteiger partial charge in [0, 0.05) is 13.8 Å². The van der Waals surface area contributed by atoms with Gasteiger partial charge in [0.05, 0.1) is 0 Å². The highest BCUT2D eigenvalue weighted by Crippen LogP contribution is 1.78. The van der Waals surface area contributed by atoms with Gasteiger partial charge in [-0.25, -0.2) is 4.98 Å². The van der Waals surface area contributed by atoms with Crippen LogP contribution in [0.5, 0.6) is 0 Å². The number of nitrogens with one attached hydrogen (secondary N) is 1. The maximum absolute atomic E-state index is 3.86. The van der Waals surface area contributed by atoms with E-state index in [1.807, 2.05) is 20.8 Å². The summed E-state index contributed by atoms with van der Waals surface area (Å²) in [4.78, 5) is 6.75. The van der Waals surface area contributed by atoms with Gasteiger partial charge in [-0.1, -0.05) is 13.8 Å². The molecule has 0 aromatic carbocycles. The van der Waals surface area contributed by atoms with E-state index in [1.54, 1.807) is 12.4 Å². The minimum atomic E-state index is 0. The normalized spacial score (nSPS) is 7.38. The Morgan fingerprint density at radius 3 is 2.38 bits per heavy atom. The predicted molar refractivity (Wildman–Crippen MR) is 36.8 cm³/mol. The van der Waals surface area contributed by atoms with Crippen LogP contribution in [0, 0.1) is 6.92 Å². The average Bonchev–Trinajstić information content (AvgIpc) is 2.24. The van der Waals surface area contributed by atoms with E-state index >= 15 is 0 Å². The van der Waals surface area contributed by atoms with Gasteiger partial charge >= 0.3 is 0 Å². The smallest absolute Gasteiger partial charge is 0.102 e. The number of aryl methyl sites for hydroxylation is 1. The van der Waals surface area contributed by atoms with Crippen molar-refractivity contribution in [1.82, 2.24) is 9.97 Å². The summed E-state index contributed by atoms with van der Waals surface area (Å²) >= 11 is 0. The van der Waals surface area contributed by atoms with E-state index in [4.69, 9.17) is 0 Å². The van der Waals surface area contributed by atoms with Crippen LogP contribution in [-0.4, -0.2) is 9.97 Å². The van der Waals surface area contributed by atoms with Crippen LogP contribution in [-0.2, 0) is 0 Å². The summed E-state index contributed by atoms with van der Waals surface area (Å²) in [5, 5.41) is 0. The summed E-state index contributed by atoms with van der Waals surface area (Å²) in [7, 11) is 0. The van der Waals surface area contributed by atoms with Gasteiger partial charge in [0.25, 0.3) is 0 Å². The molecule has 0 radical (unpaired) electrons. The molecule has 2 heteroatoms. The maximum atomic E-state index is 3.86. The van der Waals surface area contributed by atoms with Crippen molar-refractivity contribution in [3.05, 3.63) is 18.2 Å². The minimum Gasteiger partial charge on any atom is -0.349 e. The second-order valence-electron chi connectivity index (χ2n) is 1.17. The lowest BCUT2D eigenvalue weighted by Crippen LogP contribution is -1.66. The van der Waals surface area contributed by atoms with E-state index in [0.29, 0.717) is 0 Å². The Hall–Kier alpha value is -0.790. The molecule has 0 bridgehead atoms. The van der Waals surface area contributed by atoms with E-state index < -0.39 is 0 Å². The third-order valence-corrected chi connectivity index (χ3v) is 0.635. The molecule has 0 spiro atoms. The summed E-state index contributed by atoms with van der Waals surface area (Å²) < 4.78 is 0. The summed E-state index contributed by atoms with van der Waals surface area (Å²) in [6, 6.07) is 0. The molecule has 0 amide bonds. The fourth-order valence-electron chi connectivity index (χ4n) is 0.344. The fourth-order valence-corrected chi connectivity index (χ4v) is 0.344. The molecule has 0 saturated carbocycles. The first-order valence-corrected chi connectivity index (χ1v) is 2.85. The number of hydrogen-bond donors (Lipinski definition) is 1. The molecule has 1 aromatic rings. The van der Waals surface area contributed by atoms with E-state index in [1.165, 1.54) is 0 Å². The Morgan fingerprint density at radius 1 is 1.62 bits per heavy atom. The van der Waals surface area contributed by atoms with Crippen LogP contribution in [0.1, 0.15) is 21.1 Å². The number of nitrogens with zero attached hydrogens (tertiary/aromatic N) is 1. The predicted octanol–water partition coefficient (Wildman–Crippen LogP) is 1.99. The van der Waals surface area contributed by atoms with Gasteiger partial charge in [-0.05, 0) is 6.92 Å². The highest BCUT2D eigenvalue weighted by atomic mass is 14.9. The first-order chi connectivity index (χ1) is 3.89. The lowest BCUT2D eigenvalue weighted by Gasteiger charge is -1.68. The van der Waals surface area contributed by atoms with Gasteiger partial charge in [0.1, 0.15) is 5.82 Å². The van der Waals surface area contributed by atoms with Crippen LogP contribution in [0.25, 0.3) is 0 Å². The van der Waals surface area contributed by atoms with E-state index in [0.717, 1.165) is 5.82 Å². The monoisotopic (exact) mass is 114 g/mol. The molecule has 0 aliphatic carbocycles. The summed E-state index contributed by atoms with van der Waals surface area (Å²) in [6.07, 6.45) is 3.53. The van der Waals surface area contributed by atoms with Crippen LogP contribution >= 0.6 is 0 Å². The standard InChI is InChI=1S/C4H6N2.C2H6.H2/c1-4-5-2-3-6-4;1-2;/h2-3H,1H3,(H,5,6);1-2H3;1H. The van der Waals surface area contributed by atoms with Crippen molar-refractivity contribution >= 4 is 0 Å². The Bertz CT molecular complexity index is 115. The van der Waals surface area contributed by atoms with Crippen molar-refractivity contribution < 1.29 is 1.43 Å². The zero-order valence-electron chi connectivity index (χ0n) is 5.60. The van der Waals surface area contributed by atoms with Crippen molar-refractivity contribution in [3.8, 4) is 0 Å². The molecular weight excluding hydrogens is 100 g/mol. The molecular formula is C6H14N2. The number of imidazole rings is 1. The molecule has 2 nitrogen and oxygen atoms in total. The summed E-state index contributed by atoms with van der Waals surface area (Å²) in [5.74, 6) is 0.968. The van der Waals surface area contributed by atoms with Crippen molar-refractivity contribution in [2.75, 3.05) is 0 Å². The van der Waals surface area contributed by atoms with Crippen LogP contribution in [0.2, 0.25) is 0 Å². The highest BCUT2D eigenvalue weighted by molar-refractivity contribution is 4.80. The number of rotatable bonds is 0. The van der Waals surface area contributed by atoms with Gasteiger partial charge < -0.3 is 4.98 Å². The minimum absolute atomic E-state index is 0. The average molecular weight is 114 g/mol. The molecule has 8 heavy (non-hydrogen) atoms. The number of hydrogen-bond acceptors (Lipinski definition) is 1. The second kappa shape index (κ2) is 4.37. The Labute approximate surface area is 51.4 Å². The topological polar surface area (TPSA) is 28.7 Å². The van der Waals surface area contributed by atoms with Crippen molar-refractivity contribution in [2.24, 2.45) is 0 Å². The van der Waals surface area contributed by atoms with E-state index in [-0.39, 0.29) is 1.43 Å². The Balaban J connectivity index is 0. The number of aromatic nitrogens is 2. The zero-order chi connectivity index (χ0) is 6.41. The third-order valence-electron chi connectivity index (χ3n) is 0.635. The first-order valence-electron chi connectivity index (χ1n) is 2.85. The molecule has 0 fully saturated rings. The van der Waals surface area contributed by atoms with Gasteiger partial charge in [0.2, 0.25) is 0 Å². The Morgan fingerprint density at radius 2 is 2.25 bits per heavy atom. The van der Waals surface area contributed by atoms with Crippen molar-refractivity contribution in [3.63, 3.8) is 0 Å². The van der Waals surface area contributed by atoms with Crippen LogP contribution in [0.3, 0.4) is 0 Å². The van der Waals surface area contributed by atoms with Gasteiger partial charge in [-0.3, -0.25) is 0 Å². The number of aromatic amines is 1. The molecule has 0 saturated heterocycles. The highest BCUT2D eigenvalue weighted by Gasteiger charge is 1.73. The molecule has 0 aliphatic heterocycles. The van der Waals surface area contributed by atoms with Crippen molar-refractivity contribution in [2.45, 2.75) is 20.8 Å². The molecule has 1 rings (SSSR count). The molecule has 1 aromatic heterocycles. The zero-order valence-corrected chi connectivity index (χ0v) is 5.60. The largest absolute Gasteiger partial charge is 0.349 e. The molecule has 1 heterocycles. The van der Waals surface area contributed by atoms with Crippen LogP contribution in [0.15, 0.2) is 12.4 Å². The Kier molecular flexibility index (Phi) is 3.94. The SMILES string of the molecule is CC.Cc1ncc[nH]1.[HH]. The van der Waals surface area contributed by atoms with Gasteiger partial charge in [-0.15, -0.1) is 0 Å². The van der Waals surface area contributed by atoms with Gasteiger partial charge in [-0.2, -0.15) is 0 Å². The second-order valence-corrected chi connectivity index (χ2v) is 1.17. The van der Waals surface area contributed by atoms with Gasteiger partial charge in [0.15, 0.2) is 0 Å². The van der Waals surface area contributed by atoms with Crippen LogP contribution < -0.4 is 0 Å². The molecule has 0 aliphatic rings. The molecule has 1 N–H and O–H groups in total. The van der Waals surface area contributed by atoms with E-state index in [9.17, 15) is 0 Å². The third kappa shape index (κ3) is 2.39. The quantitative estimate of drug-likeness (QED) is 0.549. The molecule has 0 unspecified atom stereocenters. The maximum Gasteiger partial charge on any atom is 0.102 e. The van der Waals surface area contributed by atoms with E-state index in [2.05, 4.69) is 9.97 Å².